The van der Waals surface area contributed by atoms with E-state index in [1.54, 1.807) is 30.5 Å². The van der Waals surface area contributed by atoms with Crippen molar-refractivity contribution >= 4 is 34.4 Å². The quantitative estimate of drug-likeness (QED) is 0.638. The number of fused-ring (bicyclic) bond motifs is 2. The lowest BCUT2D eigenvalue weighted by Crippen LogP contribution is -2.41. The minimum Gasteiger partial charge on any atom is -0.355 e. The molecule has 2 aromatic carbocycles. The van der Waals surface area contributed by atoms with Gasteiger partial charge in [0.05, 0.1) is 11.6 Å². The third-order valence-corrected chi connectivity index (χ3v) is 5.98. The summed E-state index contributed by atoms with van der Waals surface area (Å²) >= 11 is 0. The summed E-state index contributed by atoms with van der Waals surface area (Å²) in [7, 11) is 0. The van der Waals surface area contributed by atoms with Gasteiger partial charge in [-0.25, -0.2) is 13.8 Å². The van der Waals surface area contributed by atoms with E-state index in [0.717, 1.165) is 60.0 Å². The first-order chi connectivity index (χ1) is 16.0. The number of hydrogen-bond acceptors (Lipinski definition) is 4. The summed E-state index contributed by atoms with van der Waals surface area (Å²) in [5.74, 6) is -2.89. The molecule has 2 N–H and O–H groups in total. The van der Waals surface area contributed by atoms with Gasteiger partial charge in [-0.2, -0.15) is 4.99 Å². The van der Waals surface area contributed by atoms with Crippen LogP contribution in [0.15, 0.2) is 59.7 Å². The summed E-state index contributed by atoms with van der Waals surface area (Å²) < 4.78 is 26.5. The van der Waals surface area contributed by atoms with Crippen molar-refractivity contribution in [3.8, 4) is 0 Å². The van der Waals surface area contributed by atoms with Crippen molar-refractivity contribution in [3.05, 3.63) is 82.6 Å². The van der Waals surface area contributed by atoms with Crippen molar-refractivity contribution in [1.82, 2.24) is 4.98 Å². The van der Waals surface area contributed by atoms with Gasteiger partial charge in [-0.3, -0.25) is 9.59 Å². The van der Waals surface area contributed by atoms with Crippen molar-refractivity contribution in [1.29, 1.82) is 0 Å². The second-order valence-electron chi connectivity index (χ2n) is 8.12. The smallest absolute Gasteiger partial charge is 0.255 e. The van der Waals surface area contributed by atoms with E-state index in [-0.39, 0.29) is 17.4 Å². The Kier molecular flexibility index (Phi) is 5.42. The lowest BCUT2D eigenvalue weighted by Gasteiger charge is -2.25. The zero-order valence-electron chi connectivity index (χ0n) is 17.6. The van der Waals surface area contributed by atoms with Crippen molar-refractivity contribution in [2.75, 3.05) is 10.6 Å². The Labute approximate surface area is 188 Å². The van der Waals surface area contributed by atoms with Crippen molar-refractivity contribution in [2.24, 2.45) is 10.9 Å². The number of hydrogen-bond donors (Lipinski definition) is 2. The summed E-state index contributed by atoms with van der Waals surface area (Å²) in [6.45, 7) is 0. The van der Waals surface area contributed by atoms with Crippen LogP contribution in [0, 0.1) is 17.6 Å². The maximum absolute atomic E-state index is 13.4. The van der Waals surface area contributed by atoms with Gasteiger partial charge in [-0.15, -0.1) is 0 Å². The third-order valence-electron chi connectivity index (χ3n) is 5.98. The zero-order valence-corrected chi connectivity index (χ0v) is 17.6. The number of anilines is 3. The molecule has 1 fully saturated rings. The molecule has 0 saturated heterocycles. The third kappa shape index (κ3) is 4.11. The Balaban J connectivity index is 1.38. The van der Waals surface area contributed by atoms with Gasteiger partial charge >= 0.3 is 0 Å². The number of carbonyl (C=O) groups excluding carboxylic acids is 2. The Bertz CT molecular complexity index is 1390. The van der Waals surface area contributed by atoms with Gasteiger partial charge in [0.2, 0.25) is 0 Å². The summed E-state index contributed by atoms with van der Waals surface area (Å²) in [4.78, 5) is 33.2. The number of halogens is 2. The molecule has 8 heteroatoms. The molecule has 1 aromatic heterocycles. The number of benzene rings is 2. The predicted octanol–water partition coefficient (Wildman–Crippen LogP) is 3.86. The van der Waals surface area contributed by atoms with Gasteiger partial charge in [0.1, 0.15) is 0 Å². The minimum absolute atomic E-state index is 0.0249. The molecule has 0 radical (unpaired) electrons. The highest BCUT2D eigenvalue weighted by atomic mass is 19.2. The molecule has 1 aliphatic carbocycles. The lowest BCUT2D eigenvalue weighted by molar-refractivity contribution is -0.120. The van der Waals surface area contributed by atoms with Crippen LogP contribution in [0.2, 0.25) is 0 Å². The SMILES string of the molecule is O=C(Nc1ccc(Nc2ccnc3c2=C2CCCCC2C(=O)N=3)cc1)c1ccc(F)c(F)c1. The first kappa shape index (κ1) is 20.9. The summed E-state index contributed by atoms with van der Waals surface area (Å²) in [6.07, 6.45) is 5.36. The maximum Gasteiger partial charge on any atom is 0.255 e. The predicted molar refractivity (Wildman–Crippen MR) is 119 cm³/mol. The Morgan fingerprint density at radius 1 is 0.970 bits per heavy atom. The van der Waals surface area contributed by atoms with Crippen molar-refractivity contribution in [2.45, 2.75) is 25.7 Å². The lowest BCUT2D eigenvalue weighted by atomic mass is 9.81. The molecule has 2 aliphatic rings. The topological polar surface area (TPSA) is 83.5 Å². The molecule has 1 saturated carbocycles. The van der Waals surface area contributed by atoms with E-state index in [9.17, 15) is 18.4 Å². The first-order valence-electron chi connectivity index (χ1n) is 10.7. The first-order valence-corrected chi connectivity index (χ1v) is 10.7. The highest BCUT2D eigenvalue weighted by Crippen LogP contribution is 2.32. The molecule has 2 amide bonds. The van der Waals surface area contributed by atoms with E-state index in [4.69, 9.17) is 0 Å². The van der Waals surface area contributed by atoms with Crippen LogP contribution >= 0.6 is 0 Å². The average molecular weight is 446 g/mol. The number of nitrogens with one attached hydrogen (secondary N) is 2. The molecular weight excluding hydrogens is 426 g/mol. The standard InChI is InChI=1S/C25H20F2N4O2/c26-19-10-5-14(13-20(19)27)24(32)30-16-8-6-15(7-9-16)29-21-11-12-28-23-22(21)17-3-1-2-4-18(17)25(33)31-23/h5-13,18,29H,1-4H2,(H,30,32). The van der Waals surface area contributed by atoms with E-state index in [2.05, 4.69) is 20.6 Å². The van der Waals surface area contributed by atoms with Crippen LogP contribution in [0.3, 0.4) is 0 Å². The van der Waals surface area contributed by atoms with Gasteiger partial charge in [-0.1, -0.05) is 6.42 Å². The van der Waals surface area contributed by atoms with Crippen LogP contribution in [-0.4, -0.2) is 16.8 Å². The molecule has 3 aromatic rings. The second-order valence-corrected chi connectivity index (χ2v) is 8.12. The van der Waals surface area contributed by atoms with E-state index in [0.29, 0.717) is 11.2 Å². The highest BCUT2D eigenvalue weighted by molar-refractivity contribution is 6.04. The zero-order chi connectivity index (χ0) is 22.9. The number of amides is 2. The van der Waals surface area contributed by atoms with Gasteiger partial charge in [-0.05, 0) is 73.4 Å². The number of carbonyl (C=O) groups is 2. The largest absolute Gasteiger partial charge is 0.355 e. The molecule has 1 atom stereocenters. The van der Waals surface area contributed by atoms with Crippen LogP contribution in [0.5, 0.6) is 0 Å². The van der Waals surface area contributed by atoms with Crippen LogP contribution < -0.4 is 21.3 Å². The number of nitrogens with zero attached hydrogens (tertiary/aromatic N) is 2. The number of rotatable bonds is 4. The molecule has 1 unspecified atom stereocenters. The van der Waals surface area contributed by atoms with Crippen LogP contribution in [0.25, 0.3) is 5.57 Å². The fraction of sp³-hybridized carbons (Fsp3) is 0.200. The summed E-state index contributed by atoms with van der Waals surface area (Å²) in [6, 6.07) is 11.9. The van der Waals surface area contributed by atoms with Crippen LogP contribution in [0.4, 0.5) is 25.8 Å². The normalized spacial score (nSPS) is 17.0. The van der Waals surface area contributed by atoms with E-state index < -0.39 is 17.5 Å². The van der Waals surface area contributed by atoms with E-state index in [1.165, 1.54) is 6.07 Å². The molecule has 166 valence electrons. The summed E-state index contributed by atoms with van der Waals surface area (Å²) in [5.41, 5.74) is 3.69. The van der Waals surface area contributed by atoms with Crippen molar-refractivity contribution in [3.63, 3.8) is 0 Å². The molecule has 6 nitrogen and oxygen atoms in total. The molecule has 5 rings (SSSR count). The maximum atomic E-state index is 13.4. The number of aromatic nitrogens is 1. The molecule has 1 aliphatic heterocycles. The average Bonchev–Trinajstić information content (AvgIpc) is 2.82. The monoisotopic (exact) mass is 446 g/mol. The molecule has 2 heterocycles. The number of pyridine rings is 1. The molecule has 0 spiro atoms. The highest BCUT2D eigenvalue weighted by Gasteiger charge is 2.30. The van der Waals surface area contributed by atoms with Gasteiger partial charge in [0.15, 0.2) is 17.1 Å². The minimum atomic E-state index is -1.07. The Hall–Kier alpha value is -3.94. The fourth-order valence-electron chi connectivity index (χ4n) is 4.36. The van der Waals surface area contributed by atoms with Crippen molar-refractivity contribution < 1.29 is 18.4 Å². The van der Waals surface area contributed by atoms with Crippen LogP contribution in [0.1, 0.15) is 36.0 Å². The van der Waals surface area contributed by atoms with Gasteiger partial charge < -0.3 is 10.6 Å². The van der Waals surface area contributed by atoms with Crippen LogP contribution in [-0.2, 0) is 4.79 Å². The van der Waals surface area contributed by atoms with E-state index in [1.807, 2.05) is 6.07 Å². The molecule has 33 heavy (non-hydrogen) atoms. The van der Waals surface area contributed by atoms with Gasteiger partial charge in [0, 0.05) is 28.4 Å². The fourth-order valence-corrected chi connectivity index (χ4v) is 4.36. The molecule has 0 bridgehead atoms. The Morgan fingerprint density at radius 3 is 2.55 bits per heavy atom. The second kappa shape index (κ2) is 8.54. The Morgan fingerprint density at radius 2 is 1.76 bits per heavy atom. The summed E-state index contributed by atoms with van der Waals surface area (Å²) in [5, 5.41) is 6.94. The van der Waals surface area contributed by atoms with E-state index >= 15 is 0 Å². The molecular formula is C25H20F2N4O2. The van der Waals surface area contributed by atoms with Gasteiger partial charge in [0.25, 0.3) is 11.8 Å².